The van der Waals surface area contributed by atoms with Crippen LogP contribution in [0.15, 0.2) is 60.7 Å². The topological polar surface area (TPSA) is 67.4 Å². The van der Waals surface area contributed by atoms with Crippen LogP contribution in [0.25, 0.3) is 10.8 Å². The number of benzene rings is 3. The van der Waals surface area contributed by atoms with Crippen molar-refractivity contribution in [3.63, 3.8) is 0 Å². The molecule has 0 radical (unpaired) electrons. The standard InChI is InChI=1S/C22H21FN2O3/c1-2-12-24-21(26)14-28-20-11-10-19(17-8-3-4-9-18(17)20)22(27)25-16-7-5-6-15(23)13-16/h3-11,13H,2,12,14H2,1H3,(H,24,26)(H,25,27). The number of carbonyl (C=O) groups excluding carboxylic acids is 2. The van der Waals surface area contributed by atoms with Gasteiger partial charge in [-0.1, -0.05) is 37.3 Å². The number of anilines is 1. The molecule has 0 saturated carbocycles. The second kappa shape index (κ2) is 8.99. The van der Waals surface area contributed by atoms with Crippen LogP contribution < -0.4 is 15.4 Å². The van der Waals surface area contributed by atoms with Crippen LogP contribution in [0.1, 0.15) is 23.7 Å². The molecule has 3 aromatic carbocycles. The summed E-state index contributed by atoms with van der Waals surface area (Å²) in [6, 6.07) is 16.3. The van der Waals surface area contributed by atoms with E-state index in [0.717, 1.165) is 11.8 Å². The second-order valence-corrected chi connectivity index (χ2v) is 6.26. The molecular formula is C22H21FN2O3. The third kappa shape index (κ3) is 4.65. The van der Waals surface area contributed by atoms with E-state index in [9.17, 15) is 14.0 Å². The van der Waals surface area contributed by atoms with Crippen molar-refractivity contribution < 1.29 is 18.7 Å². The third-order valence-electron chi connectivity index (χ3n) is 4.14. The van der Waals surface area contributed by atoms with Crippen LogP contribution in [0.5, 0.6) is 5.75 Å². The summed E-state index contributed by atoms with van der Waals surface area (Å²) in [7, 11) is 0. The summed E-state index contributed by atoms with van der Waals surface area (Å²) in [4.78, 5) is 24.5. The summed E-state index contributed by atoms with van der Waals surface area (Å²) < 4.78 is 19.0. The summed E-state index contributed by atoms with van der Waals surface area (Å²) in [5, 5.41) is 6.86. The molecule has 28 heavy (non-hydrogen) atoms. The van der Waals surface area contributed by atoms with Gasteiger partial charge in [-0.25, -0.2) is 4.39 Å². The Morgan fingerprint density at radius 3 is 2.54 bits per heavy atom. The maximum atomic E-state index is 13.4. The Labute approximate surface area is 162 Å². The van der Waals surface area contributed by atoms with E-state index in [-0.39, 0.29) is 18.4 Å². The number of hydrogen-bond donors (Lipinski definition) is 2. The van der Waals surface area contributed by atoms with Gasteiger partial charge in [0, 0.05) is 23.2 Å². The van der Waals surface area contributed by atoms with Gasteiger partial charge in [-0.05, 0) is 42.1 Å². The van der Waals surface area contributed by atoms with Crippen molar-refractivity contribution in [1.82, 2.24) is 5.32 Å². The molecule has 0 atom stereocenters. The van der Waals surface area contributed by atoms with Gasteiger partial charge in [0.1, 0.15) is 11.6 Å². The van der Waals surface area contributed by atoms with E-state index < -0.39 is 5.82 Å². The van der Waals surface area contributed by atoms with Crippen molar-refractivity contribution in [3.8, 4) is 5.75 Å². The minimum Gasteiger partial charge on any atom is -0.483 e. The Morgan fingerprint density at radius 1 is 1.00 bits per heavy atom. The Balaban J connectivity index is 1.83. The molecule has 0 unspecified atom stereocenters. The predicted octanol–water partition coefficient (Wildman–Crippen LogP) is 4.14. The molecule has 3 rings (SSSR count). The molecule has 5 nitrogen and oxygen atoms in total. The molecule has 0 aliphatic carbocycles. The fourth-order valence-electron chi connectivity index (χ4n) is 2.82. The van der Waals surface area contributed by atoms with Gasteiger partial charge in [0.25, 0.3) is 11.8 Å². The van der Waals surface area contributed by atoms with E-state index >= 15 is 0 Å². The molecular weight excluding hydrogens is 359 g/mol. The lowest BCUT2D eigenvalue weighted by molar-refractivity contribution is -0.123. The van der Waals surface area contributed by atoms with E-state index in [1.807, 2.05) is 25.1 Å². The van der Waals surface area contributed by atoms with Crippen molar-refractivity contribution in [3.05, 3.63) is 72.0 Å². The van der Waals surface area contributed by atoms with Crippen LogP contribution in [0.4, 0.5) is 10.1 Å². The Morgan fingerprint density at radius 2 is 1.79 bits per heavy atom. The van der Waals surface area contributed by atoms with E-state index in [4.69, 9.17) is 4.74 Å². The predicted molar refractivity (Wildman–Crippen MR) is 107 cm³/mol. The highest BCUT2D eigenvalue weighted by Crippen LogP contribution is 2.29. The van der Waals surface area contributed by atoms with Crippen molar-refractivity contribution in [2.75, 3.05) is 18.5 Å². The van der Waals surface area contributed by atoms with E-state index in [1.165, 1.54) is 18.2 Å². The quantitative estimate of drug-likeness (QED) is 0.647. The Kier molecular flexibility index (Phi) is 6.22. The minimum atomic E-state index is -0.423. The fourth-order valence-corrected chi connectivity index (χ4v) is 2.82. The maximum Gasteiger partial charge on any atom is 0.257 e. The van der Waals surface area contributed by atoms with Gasteiger partial charge in [-0.2, -0.15) is 0 Å². The van der Waals surface area contributed by atoms with Crippen LogP contribution in [-0.2, 0) is 4.79 Å². The van der Waals surface area contributed by atoms with Gasteiger partial charge in [0.15, 0.2) is 6.61 Å². The molecule has 0 fully saturated rings. The molecule has 6 heteroatoms. The van der Waals surface area contributed by atoms with Gasteiger partial charge in [-0.3, -0.25) is 9.59 Å². The number of fused-ring (bicyclic) bond motifs is 1. The zero-order chi connectivity index (χ0) is 19.9. The summed E-state index contributed by atoms with van der Waals surface area (Å²) in [5.41, 5.74) is 0.810. The zero-order valence-electron chi connectivity index (χ0n) is 15.5. The number of amides is 2. The highest BCUT2D eigenvalue weighted by Gasteiger charge is 2.14. The lowest BCUT2D eigenvalue weighted by atomic mass is 10.0. The zero-order valence-corrected chi connectivity index (χ0v) is 15.5. The van der Waals surface area contributed by atoms with Crippen LogP contribution >= 0.6 is 0 Å². The summed E-state index contributed by atoms with van der Waals surface area (Å²) in [6.07, 6.45) is 0.851. The minimum absolute atomic E-state index is 0.0984. The number of nitrogens with one attached hydrogen (secondary N) is 2. The second-order valence-electron chi connectivity index (χ2n) is 6.26. The Hall–Kier alpha value is -3.41. The smallest absolute Gasteiger partial charge is 0.257 e. The lowest BCUT2D eigenvalue weighted by Gasteiger charge is -2.13. The summed E-state index contributed by atoms with van der Waals surface area (Å²) in [5.74, 6) is -0.454. The monoisotopic (exact) mass is 380 g/mol. The molecule has 0 aliphatic rings. The first-order chi connectivity index (χ1) is 13.6. The van der Waals surface area contributed by atoms with Crippen LogP contribution in [-0.4, -0.2) is 25.0 Å². The number of hydrogen-bond acceptors (Lipinski definition) is 3. The van der Waals surface area contributed by atoms with Crippen molar-refractivity contribution in [2.24, 2.45) is 0 Å². The van der Waals surface area contributed by atoms with Gasteiger partial charge >= 0.3 is 0 Å². The average Bonchev–Trinajstić information content (AvgIpc) is 2.70. The molecule has 0 spiro atoms. The highest BCUT2D eigenvalue weighted by molar-refractivity contribution is 6.14. The summed E-state index contributed by atoms with van der Waals surface area (Å²) in [6.45, 7) is 2.48. The van der Waals surface area contributed by atoms with Gasteiger partial charge in [-0.15, -0.1) is 0 Å². The number of halogens is 1. The highest BCUT2D eigenvalue weighted by atomic mass is 19.1. The molecule has 2 amide bonds. The first-order valence-electron chi connectivity index (χ1n) is 9.06. The molecule has 2 N–H and O–H groups in total. The largest absolute Gasteiger partial charge is 0.483 e. The van der Waals surface area contributed by atoms with E-state index in [0.29, 0.717) is 28.9 Å². The molecule has 0 bridgehead atoms. The van der Waals surface area contributed by atoms with E-state index in [2.05, 4.69) is 10.6 Å². The molecule has 0 saturated heterocycles. The maximum absolute atomic E-state index is 13.4. The van der Waals surface area contributed by atoms with Gasteiger partial charge in [0.2, 0.25) is 0 Å². The molecule has 0 heterocycles. The van der Waals surface area contributed by atoms with Gasteiger partial charge in [0.05, 0.1) is 0 Å². The van der Waals surface area contributed by atoms with Crippen LogP contribution in [0, 0.1) is 5.82 Å². The lowest BCUT2D eigenvalue weighted by Crippen LogP contribution is -2.29. The van der Waals surface area contributed by atoms with Crippen molar-refractivity contribution in [1.29, 1.82) is 0 Å². The fraction of sp³-hybridized carbons (Fsp3) is 0.182. The van der Waals surface area contributed by atoms with Crippen LogP contribution in [0.3, 0.4) is 0 Å². The number of carbonyl (C=O) groups is 2. The average molecular weight is 380 g/mol. The number of ether oxygens (including phenoxy) is 1. The van der Waals surface area contributed by atoms with Crippen LogP contribution in [0.2, 0.25) is 0 Å². The third-order valence-corrected chi connectivity index (χ3v) is 4.14. The van der Waals surface area contributed by atoms with Crippen molar-refractivity contribution in [2.45, 2.75) is 13.3 Å². The molecule has 144 valence electrons. The summed E-state index contributed by atoms with van der Waals surface area (Å²) >= 11 is 0. The first kappa shape index (κ1) is 19.4. The normalized spacial score (nSPS) is 10.5. The first-order valence-corrected chi connectivity index (χ1v) is 9.06. The molecule has 0 aliphatic heterocycles. The molecule has 3 aromatic rings. The number of rotatable bonds is 7. The molecule has 0 aromatic heterocycles. The van der Waals surface area contributed by atoms with Crippen molar-refractivity contribution >= 4 is 28.3 Å². The Bertz CT molecular complexity index is 1000. The van der Waals surface area contributed by atoms with E-state index in [1.54, 1.807) is 24.3 Å². The SMILES string of the molecule is CCCNC(=O)COc1ccc(C(=O)Nc2cccc(F)c2)c2ccccc12. The van der Waals surface area contributed by atoms with Gasteiger partial charge < -0.3 is 15.4 Å².